The Balaban J connectivity index is 1.96. The van der Waals surface area contributed by atoms with Crippen LogP contribution in [0.15, 0.2) is 30.6 Å². The zero-order valence-electron chi connectivity index (χ0n) is 13.8. The molecule has 0 radical (unpaired) electrons. The predicted octanol–water partition coefficient (Wildman–Crippen LogP) is 4.17. The molecule has 6 heteroatoms. The first kappa shape index (κ1) is 17.3. The first-order valence-corrected chi connectivity index (χ1v) is 9.22. The van der Waals surface area contributed by atoms with Crippen molar-refractivity contribution in [1.29, 1.82) is 5.41 Å². The molecule has 3 heterocycles. The fourth-order valence-electron chi connectivity index (χ4n) is 2.81. The Hall–Kier alpha value is -1.54. The minimum Gasteiger partial charge on any atom is -0.374 e. The van der Waals surface area contributed by atoms with Crippen molar-refractivity contribution in [2.45, 2.75) is 38.8 Å². The average Bonchev–Trinajstić information content (AvgIpc) is 3.08. The van der Waals surface area contributed by atoms with E-state index in [4.69, 9.17) is 10.1 Å². The second-order valence-electron chi connectivity index (χ2n) is 6.17. The molecule has 1 atom stereocenters. The van der Waals surface area contributed by atoms with E-state index >= 15 is 0 Å². The highest BCUT2D eigenvalue weighted by atomic mass is 127. The van der Waals surface area contributed by atoms with Gasteiger partial charge in [0.1, 0.15) is 5.82 Å². The Bertz CT molecular complexity index is 742. The molecule has 1 saturated heterocycles. The highest BCUT2D eigenvalue weighted by molar-refractivity contribution is 14.1. The van der Waals surface area contributed by atoms with Gasteiger partial charge < -0.3 is 10.1 Å². The van der Waals surface area contributed by atoms with E-state index in [0.29, 0.717) is 11.4 Å². The van der Waals surface area contributed by atoms with Crippen molar-refractivity contribution in [2.24, 2.45) is 0 Å². The summed E-state index contributed by atoms with van der Waals surface area (Å²) in [5, 5.41) is 12.0. The van der Waals surface area contributed by atoms with Crippen LogP contribution < -0.4 is 5.32 Å². The first-order valence-electron chi connectivity index (χ1n) is 8.14. The molecule has 1 fully saturated rings. The molecule has 0 saturated carbocycles. The van der Waals surface area contributed by atoms with Crippen molar-refractivity contribution < 1.29 is 4.74 Å². The van der Waals surface area contributed by atoms with Crippen molar-refractivity contribution in [3.05, 3.63) is 51.0 Å². The molecule has 5 nitrogen and oxygen atoms in total. The molecule has 2 aromatic heterocycles. The number of halogens is 1. The van der Waals surface area contributed by atoms with E-state index in [1.165, 1.54) is 0 Å². The van der Waals surface area contributed by atoms with Gasteiger partial charge in [0, 0.05) is 28.6 Å². The number of pyridine rings is 2. The number of ether oxygens (including phenoxy) is 1. The molecule has 2 N–H and O–H groups in total. The molecular weight excluding hydrogens is 415 g/mol. The van der Waals surface area contributed by atoms with E-state index in [0.717, 1.165) is 40.0 Å². The van der Waals surface area contributed by atoms with Gasteiger partial charge in [0.25, 0.3) is 0 Å². The summed E-state index contributed by atoms with van der Waals surface area (Å²) in [7, 11) is 0. The molecular formula is C18H21IN4O. The summed E-state index contributed by atoms with van der Waals surface area (Å²) in [6, 6.07) is 6.11. The van der Waals surface area contributed by atoms with Crippen molar-refractivity contribution >= 4 is 34.1 Å². The lowest BCUT2D eigenvalue weighted by molar-refractivity contribution is 0.112. The summed E-state index contributed by atoms with van der Waals surface area (Å²) in [6.07, 6.45) is 5.77. The Morgan fingerprint density at radius 3 is 2.83 bits per heavy atom. The summed E-state index contributed by atoms with van der Waals surface area (Å²) in [5.74, 6) is 0.728. The highest BCUT2D eigenvalue weighted by Gasteiger charge is 2.21. The van der Waals surface area contributed by atoms with Gasteiger partial charge in [-0.3, -0.25) is 10.4 Å². The largest absolute Gasteiger partial charge is 0.374 e. The van der Waals surface area contributed by atoms with E-state index < -0.39 is 0 Å². The second kappa shape index (κ2) is 7.57. The van der Waals surface area contributed by atoms with Gasteiger partial charge in [0.05, 0.1) is 23.1 Å². The van der Waals surface area contributed by atoms with Crippen LogP contribution in [0.4, 0.5) is 5.82 Å². The standard InChI is InChI=1S/C18H21IN4O/c1-11(2)23-18-16(13(19)6-8-22-18)17(20)14-10-12(5-7-21-14)15-4-3-9-24-15/h5-8,10-11,15,20H,3-4,9H2,1-2H3,(H,22,23). The normalized spacial score (nSPS) is 17.2. The molecule has 1 aliphatic rings. The smallest absolute Gasteiger partial charge is 0.136 e. The van der Waals surface area contributed by atoms with Gasteiger partial charge in [-0.15, -0.1) is 0 Å². The summed E-state index contributed by atoms with van der Waals surface area (Å²) in [4.78, 5) is 8.83. The van der Waals surface area contributed by atoms with E-state index in [1.807, 2.05) is 18.2 Å². The Kier molecular flexibility index (Phi) is 5.45. The first-order chi connectivity index (χ1) is 11.6. The van der Waals surface area contributed by atoms with Crippen molar-refractivity contribution in [2.75, 3.05) is 11.9 Å². The molecule has 0 spiro atoms. The number of hydrogen-bond donors (Lipinski definition) is 2. The van der Waals surface area contributed by atoms with Crippen LogP contribution in [0.5, 0.6) is 0 Å². The van der Waals surface area contributed by atoms with Gasteiger partial charge in [-0.2, -0.15) is 0 Å². The van der Waals surface area contributed by atoms with Gasteiger partial charge >= 0.3 is 0 Å². The van der Waals surface area contributed by atoms with Gasteiger partial charge in [0.2, 0.25) is 0 Å². The Morgan fingerprint density at radius 1 is 1.33 bits per heavy atom. The van der Waals surface area contributed by atoms with E-state index in [1.54, 1.807) is 12.4 Å². The third-order valence-electron chi connectivity index (χ3n) is 3.92. The van der Waals surface area contributed by atoms with Gasteiger partial charge in [-0.1, -0.05) is 0 Å². The summed E-state index contributed by atoms with van der Waals surface area (Å²) in [6.45, 7) is 4.93. The van der Waals surface area contributed by atoms with Crippen LogP contribution in [-0.2, 0) is 4.74 Å². The number of nitrogens with zero attached hydrogens (tertiary/aromatic N) is 2. The van der Waals surface area contributed by atoms with Gasteiger partial charge in [-0.25, -0.2) is 4.98 Å². The van der Waals surface area contributed by atoms with Crippen LogP contribution in [-0.4, -0.2) is 28.3 Å². The summed E-state index contributed by atoms with van der Waals surface area (Å²) in [5.41, 5.74) is 2.93. The zero-order chi connectivity index (χ0) is 17.1. The third kappa shape index (κ3) is 3.75. The van der Waals surface area contributed by atoms with Crippen LogP contribution >= 0.6 is 22.6 Å². The summed E-state index contributed by atoms with van der Waals surface area (Å²) < 4.78 is 6.74. The number of nitrogens with one attached hydrogen (secondary N) is 2. The number of rotatable bonds is 5. The lowest BCUT2D eigenvalue weighted by Crippen LogP contribution is -2.17. The van der Waals surface area contributed by atoms with E-state index in [9.17, 15) is 0 Å². The molecule has 0 aromatic carbocycles. The average molecular weight is 436 g/mol. The van der Waals surface area contributed by atoms with Crippen LogP contribution in [0.2, 0.25) is 0 Å². The van der Waals surface area contributed by atoms with Crippen molar-refractivity contribution in [1.82, 2.24) is 9.97 Å². The number of aromatic nitrogens is 2. The second-order valence-corrected chi connectivity index (χ2v) is 7.33. The Morgan fingerprint density at radius 2 is 2.12 bits per heavy atom. The maximum Gasteiger partial charge on any atom is 0.136 e. The van der Waals surface area contributed by atoms with E-state index in [-0.39, 0.29) is 12.1 Å². The predicted molar refractivity (Wildman–Crippen MR) is 104 cm³/mol. The molecule has 126 valence electrons. The molecule has 3 rings (SSSR count). The van der Waals surface area contributed by atoms with E-state index in [2.05, 4.69) is 51.7 Å². The Labute approximate surface area is 155 Å². The molecule has 24 heavy (non-hydrogen) atoms. The minimum atomic E-state index is 0.126. The van der Waals surface area contributed by atoms with Gasteiger partial charge in [-0.05, 0) is 73.0 Å². The highest BCUT2D eigenvalue weighted by Crippen LogP contribution is 2.29. The maximum absolute atomic E-state index is 8.68. The lowest BCUT2D eigenvalue weighted by atomic mass is 10.0. The lowest BCUT2D eigenvalue weighted by Gasteiger charge is -2.16. The minimum absolute atomic E-state index is 0.126. The maximum atomic E-state index is 8.68. The fraction of sp³-hybridized carbons (Fsp3) is 0.389. The van der Waals surface area contributed by atoms with Gasteiger partial charge in [0.15, 0.2) is 0 Å². The zero-order valence-corrected chi connectivity index (χ0v) is 16.0. The molecule has 1 aliphatic heterocycles. The van der Waals surface area contributed by atoms with Crippen LogP contribution in [0.25, 0.3) is 0 Å². The molecule has 0 amide bonds. The van der Waals surface area contributed by atoms with Crippen molar-refractivity contribution in [3.8, 4) is 0 Å². The molecule has 2 aromatic rings. The molecule has 0 aliphatic carbocycles. The fourth-order valence-corrected chi connectivity index (χ4v) is 3.50. The van der Waals surface area contributed by atoms with Crippen LogP contribution in [0.3, 0.4) is 0 Å². The van der Waals surface area contributed by atoms with Crippen LogP contribution in [0.1, 0.15) is 49.6 Å². The SMILES string of the molecule is CC(C)Nc1nccc(I)c1C(=N)c1cc(C2CCCO2)ccn1. The molecule has 0 bridgehead atoms. The number of hydrogen-bond acceptors (Lipinski definition) is 5. The number of anilines is 1. The monoisotopic (exact) mass is 436 g/mol. The molecule has 1 unspecified atom stereocenters. The third-order valence-corrected chi connectivity index (χ3v) is 4.82. The summed E-state index contributed by atoms with van der Waals surface area (Å²) >= 11 is 2.25. The van der Waals surface area contributed by atoms with Crippen molar-refractivity contribution in [3.63, 3.8) is 0 Å². The van der Waals surface area contributed by atoms with Crippen LogP contribution in [0, 0.1) is 8.98 Å². The quantitative estimate of drug-likeness (QED) is 0.546. The topological polar surface area (TPSA) is 70.9 Å².